The molecule has 0 amide bonds. The first kappa shape index (κ1) is 9.99. The molecule has 0 aromatic heterocycles. The van der Waals surface area contributed by atoms with Crippen LogP contribution in [0.3, 0.4) is 0 Å². The summed E-state index contributed by atoms with van der Waals surface area (Å²) in [6.07, 6.45) is 2.31. The van der Waals surface area contributed by atoms with Crippen LogP contribution in [0.15, 0.2) is 0 Å². The topological polar surface area (TPSA) is 51.4 Å². The second-order valence-electron chi connectivity index (χ2n) is 4.73. The van der Waals surface area contributed by atoms with Crippen LogP contribution in [0.5, 0.6) is 0 Å². The smallest absolute Gasteiger partial charge is 0.0677 e. The summed E-state index contributed by atoms with van der Waals surface area (Å²) < 4.78 is 0. The van der Waals surface area contributed by atoms with E-state index in [4.69, 9.17) is 0 Å². The number of nitrogens with one attached hydrogen (secondary N) is 4. The molecule has 5 heteroatoms. The zero-order chi connectivity index (χ0) is 10.1. The fourth-order valence-corrected chi connectivity index (χ4v) is 2.99. The molecule has 0 radical (unpaired) electrons. The highest BCUT2D eigenvalue weighted by Crippen LogP contribution is 2.19. The minimum atomic E-state index is 0.479. The Morgan fingerprint density at radius 2 is 2.00 bits per heavy atom. The van der Waals surface area contributed by atoms with Gasteiger partial charge in [-0.15, -0.1) is 0 Å². The minimum absolute atomic E-state index is 0.479. The van der Waals surface area contributed by atoms with E-state index in [0.717, 1.165) is 26.3 Å². The fourth-order valence-electron chi connectivity index (χ4n) is 2.99. The molecule has 3 atom stereocenters. The summed E-state index contributed by atoms with van der Waals surface area (Å²) in [6, 6.07) is 0. The standard InChI is InChI=1S/C10H21N5/c1-2-13-10-8-6-11-3-4-12-9(8)14-7-15(10)5-1/h8-14H,1-7H2. The Labute approximate surface area is 91.0 Å². The number of fused-ring (bicyclic) bond motifs is 3. The lowest BCUT2D eigenvalue weighted by Crippen LogP contribution is -2.69. The van der Waals surface area contributed by atoms with E-state index < -0.39 is 0 Å². The van der Waals surface area contributed by atoms with Gasteiger partial charge in [-0.2, -0.15) is 0 Å². The van der Waals surface area contributed by atoms with E-state index in [0.29, 0.717) is 18.2 Å². The molecule has 3 aliphatic heterocycles. The van der Waals surface area contributed by atoms with E-state index in [9.17, 15) is 0 Å². The Balaban J connectivity index is 1.74. The lowest BCUT2D eigenvalue weighted by molar-refractivity contribution is 0.00939. The Morgan fingerprint density at radius 1 is 1.00 bits per heavy atom. The molecule has 86 valence electrons. The Morgan fingerprint density at radius 3 is 3.00 bits per heavy atom. The predicted molar refractivity (Wildman–Crippen MR) is 59.3 cm³/mol. The van der Waals surface area contributed by atoms with Crippen LogP contribution in [-0.4, -0.2) is 56.6 Å². The van der Waals surface area contributed by atoms with Crippen molar-refractivity contribution in [2.45, 2.75) is 18.8 Å². The van der Waals surface area contributed by atoms with Gasteiger partial charge in [-0.3, -0.25) is 10.2 Å². The van der Waals surface area contributed by atoms with Crippen LogP contribution < -0.4 is 21.3 Å². The lowest BCUT2D eigenvalue weighted by Gasteiger charge is -2.48. The summed E-state index contributed by atoms with van der Waals surface area (Å²) in [7, 11) is 0. The highest BCUT2D eigenvalue weighted by atomic mass is 15.4. The Kier molecular flexibility index (Phi) is 2.90. The summed E-state index contributed by atoms with van der Waals surface area (Å²) >= 11 is 0. The minimum Gasteiger partial charge on any atom is -0.315 e. The third-order valence-corrected chi connectivity index (χ3v) is 3.76. The zero-order valence-corrected chi connectivity index (χ0v) is 9.13. The van der Waals surface area contributed by atoms with Gasteiger partial charge >= 0.3 is 0 Å². The van der Waals surface area contributed by atoms with Gasteiger partial charge in [0.1, 0.15) is 0 Å². The van der Waals surface area contributed by atoms with E-state index in [1.807, 2.05) is 0 Å². The van der Waals surface area contributed by atoms with Gasteiger partial charge in [0.05, 0.1) is 19.0 Å². The molecule has 15 heavy (non-hydrogen) atoms. The van der Waals surface area contributed by atoms with Gasteiger partial charge in [0.15, 0.2) is 0 Å². The van der Waals surface area contributed by atoms with Gasteiger partial charge in [-0.1, -0.05) is 0 Å². The molecule has 5 nitrogen and oxygen atoms in total. The van der Waals surface area contributed by atoms with Crippen molar-refractivity contribution in [2.24, 2.45) is 5.92 Å². The highest BCUT2D eigenvalue weighted by molar-refractivity contribution is 4.93. The first-order valence-corrected chi connectivity index (χ1v) is 6.10. The quantitative estimate of drug-likeness (QED) is 0.385. The van der Waals surface area contributed by atoms with Crippen LogP contribution >= 0.6 is 0 Å². The zero-order valence-electron chi connectivity index (χ0n) is 9.13. The Bertz CT molecular complexity index is 222. The molecule has 0 spiro atoms. The molecule has 0 aliphatic carbocycles. The third kappa shape index (κ3) is 1.90. The summed E-state index contributed by atoms with van der Waals surface area (Å²) in [5, 5.41) is 14.3. The molecule has 0 bridgehead atoms. The van der Waals surface area contributed by atoms with Crippen molar-refractivity contribution in [3.63, 3.8) is 0 Å². The van der Waals surface area contributed by atoms with Crippen LogP contribution in [0.1, 0.15) is 6.42 Å². The fraction of sp³-hybridized carbons (Fsp3) is 1.00. The Hall–Kier alpha value is -0.200. The van der Waals surface area contributed by atoms with E-state index >= 15 is 0 Å². The van der Waals surface area contributed by atoms with Crippen molar-refractivity contribution in [3.05, 3.63) is 0 Å². The largest absolute Gasteiger partial charge is 0.315 e. The van der Waals surface area contributed by atoms with Gasteiger partial charge in [-0.25, -0.2) is 0 Å². The van der Waals surface area contributed by atoms with Crippen LogP contribution in [0.25, 0.3) is 0 Å². The summed E-state index contributed by atoms with van der Waals surface area (Å²) in [5.74, 6) is 0.640. The molecule has 3 heterocycles. The SMILES string of the molecule is C1CNC2C3CNCCNC3NCN2C1. The molecule has 3 fully saturated rings. The summed E-state index contributed by atoms with van der Waals surface area (Å²) in [4.78, 5) is 2.53. The first-order chi connectivity index (χ1) is 7.45. The number of rotatable bonds is 0. The predicted octanol–water partition coefficient (Wildman–Crippen LogP) is -1.70. The van der Waals surface area contributed by atoms with Crippen molar-refractivity contribution in [1.82, 2.24) is 26.2 Å². The molecule has 0 aromatic rings. The monoisotopic (exact) mass is 211 g/mol. The molecule has 4 N–H and O–H groups in total. The number of nitrogens with zero attached hydrogens (tertiary/aromatic N) is 1. The van der Waals surface area contributed by atoms with Crippen molar-refractivity contribution >= 4 is 0 Å². The first-order valence-electron chi connectivity index (χ1n) is 6.10. The van der Waals surface area contributed by atoms with E-state index in [-0.39, 0.29) is 0 Å². The molecular weight excluding hydrogens is 190 g/mol. The molecule has 3 rings (SSSR count). The van der Waals surface area contributed by atoms with Crippen molar-refractivity contribution < 1.29 is 0 Å². The van der Waals surface area contributed by atoms with Gasteiger partial charge in [-0.05, 0) is 13.0 Å². The molecule has 3 unspecified atom stereocenters. The third-order valence-electron chi connectivity index (χ3n) is 3.76. The van der Waals surface area contributed by atoms with Crippen molar-refractivity contribution in [1.29, 1.82) is 0 Å². The van der Waals surface area contributed by atoms with Crippen molar-refractivity contribution in [3.8, 4) is 0 Å². The normalized spacial score (nSPS) is 42.8. The highest BCUT2D eigenvalue weighted by Gasteiger charge is 2.38. The number of hydrogen-bond donors (Lipinski definition) is 4. The van der Waals surface area contributed by atoms with Crippen LogP contribution in [0.4, 0.5) is 0 Å². The lowest BCUT2D eigenvalue weighted by atomic mass is 9.97. The number of hydrogen-bond acceptors (Lipinski definition) is 5. The van der Waals surface area contributed by atoms with E-state index in [1.165, 1.54) is 19.5 Å². The molecule has 3 saturated heterocycles. The molecule has 3 aliphatic rings. The van der Waals surface area contributed by atoms with E-state index in [2.05, 4.69) is 26.2 Å². The maximum absolute atomic E-state index is 3.65. The van der Waals surface area contributed by atoms with E-state index in [1.54, 1.807) is 0 Å². The maximum atomic E-state index is 3.65. The van der Waals surface area contributed by atoms with Crippen molar-refractivity contribution in [2.75, 3.05) is 39.4 Å². The van der Waals surface area contributed by atoms with Crippen LogP contribution in [0.2, 0.25) is 0 Å². The summed E-state index contributed by atoms with van der Waals surface area (Å²) in [6.45, 7) is 6.69. The van der Waals surface area contributed by atoms with Gasteiger partial charge in [0, 0.05) is 32.1 Å². The average Bonchev–Trinajstić information content (AvgIpc) is 2.54. The van der Waals surface area contributed by atoms with Crippen LogP contribution in [-0.2, 0) is 0 Å². The molecule has 0 aromatic carbocycles. The molecule has 0 saturated carbocycles. The van der Waals surface area contributed by atoms with Gasteiger partial charge in [0.2, 0.25) is 0 Å². The second-order valence-corrected chi connectivity index (χ2v) is 4.73. The van der Waals surface area contributed by atoms with Crippen LogP contribution in [0, 0.1) is 5.92 Å². The average molecular weight is 211 g/mol. The maximum Gasteiger partial charge on any atom is 0.0677 e. The van der Waals surface area contributed by atoms with Gasteiger partial charge in [0.25, 0.3) is 0 Å². The molecular formula is C10H21N5. The summed E-state index contributed by atoms with van der Waals surface area (Å²) in [5.41, 5.74) is 0. The second kappa shape index (κ2) is 4.35. The van der Waals surface area contributed by atoms with Gasteiger partial charge < -0.3 is 16.0 Å².